The van der Waals surface area contributed by atoms with E-state index < -0.39 is 18.4 Å². The molecule has 0 saturated carbocycles. The number of methoxy groups -OCH3 is 1. The quantitative estimate of drug-likeness (QED) is 0.356. The van der Waals surface area contributed by atoms with Crippen LogP contribution in [0.3, 0.4) is 0 Å². The van der Waals surface area contributed by atoms with Gasteiger partial charge in [-0.15, -0.1) is 0 Å². The Morgan fingerprint density at radius 3 is 2.74 bits per heavy atom. The Hall–Kier alpha value is -2.06. The van der Waals surface area contributed by atoms with Crippen LogP contribution in [0.25, 0.3) is 6.08 Å². The first kappa shape index (κ1) is 21.2. The van der Waals surface area contributed by atoms with Crippen LogP contribution in [-0.4, -0.2) is 46.5 Å². The molecule has 1 heterocycles. The van der Waals surface area contributed by atoms with Crippen molar-refractivity contribution in [3.63, 3.8) is 0 Å². The Morgan fingerprint density at radius 1 is 1.30 bits per heavy atom. The van der Waals surface area contributed by atoms with Crippen LogP contribution in [0.15, 0.2) is 23.1 Å². The number of ether oxygens (including phenoxy) is 2. The molecule has 1 fully saturated rings. The fraction of sp³-hybridized carbons (Fsp3) is 0.421. The lowest BCUT2D eigenvalue weighted by molar-refractivity contribution is -0.140. The van der Waals surface area contributed by atoms with E-state index in [1.54, 1.807) is 19.3 Å². The van der Waals surface area contributed by atoms with Crippen molar-refractivity contribution in [2.45, 2.75) is 32.6 Å². The first-order valence-corrected chi connectivity index (χ1v) is 9.96. The molecule has 1 aromatic carbocycles. The molecule has 0 aromatic heterocycles. The van der Waals surface area contributed by atoms with Crippen LogP contribution in [0.2, 0.25) is 0 Å². The first-order valence-electron chi connectivity index (χ1n) is 8.74. The molecule has 8 heteroatoms. The number of hydrogen-bond donors (Lipinski definition) is 1. The summed E-state index contributed by atoms with van der Waals surface area (Å²) in [6.07, 6.45) is 6.17. The molecule has 1 amide bonds. The average Bonchev–Trinajstić information content (AvgIpc) is 2.89. The van der Waals surface area contributed by atoms with E-state index in [0.29, 0.717) is 23.0 Å². The summed E-state index contributed by atoms with van der Waals surface area (Å²) in [6, 6.07) is 5.42. The number of benzene rings is 1. The molecule has 6 nitrogen and oxygen atoms in total. The van der Waals surface area contributed by atoms with Gasteiger partial charge in [0, 0.05) is 0 Å². The van der Waals surface area contributed by atoms with Gasteiger partial charge in [0.15, 0.2) is 11.5 Å². The van der Waals surface area contributed by atoms with Gasteiger partial charge in [-0.2, -0.15) is 0 Å². The van der Waals surface area contributed by atoms with Crippen LogP contribution in [0.1, 0.15) is 38.2 Å². The van der Waals surface area contributed by atoms with Gasteiger partial charge in [0.2, 0.25) is 0 Å². The molecule has 0 atom stereocenters. The third kappa shape index (κ3) is 5.97. The Kier molecular flexibility index (Phi) is 8.12. The number of carbonyl (C=O) groups excluding carboxylic acids is 1. The first-order chi connectivity index (χ1) is 13.0. The molecule has 1 saturated heterocycles. The summed E-state index contributed by atoms with van der Waals surface area (Å²) in [7, 11) is 1.56. The van der Waals surface area contributed by atoms with Gasteiger partial charge < -0.3 is 14.6 Å². The summed E-state index contributed by atoms with van der Waals surface area (Å²) < 4.78 is 11.4. The van der Waals surface area contributed by atoms with Gasteiger partial charge in [0.05, 0.1) is 18.6 Å². The second kappa shape index (κ2) is 10.3. The highest BCUT2D eigenvalue weighted by Gasteiger charge is 2.33. The lowest BCUT2D eigenvalue weighted by Crippen LogP contribution is -2.33. The number of aliphatic carboxylic acids is 1. The molecule has 1 aliphatic rings. The molecular formula is C19H23NO5S2. The van der Waals surface area contributed by atoms with Crippen molar-refractivity contribution in [2.24, 2.45) is 0 Å². The van der Waals surface area contributed by atoms with Crippen molar-refractivity contribution in [1.29, 1.82) is 0 Å². The fourth-order valence-electron chi connectivity index (χ4n) is 2.53. The van der Waals surface area contributed by atoms with Gasteiger partial charge in [-0.3, -0.25) is 14.5 Å². The molecule has 0 bridgehead atoms. The average molecular weight is 410 g/mol. The maximum atomic E-state index is 12.3. The highest BCUT2D eigenvalue weighted by Crippen LogP contribution is 2.34. The Labute approximate surface area is 168 Å². The van der Waals surface area contributed by atoms with Gasteiger partial charge in [-0.25, -0.2) is 0 Å². The second-order valence-corrected chi connectivity index (χ2v) is 7.66. The molecule has 1 N–H and O–H groups in total. The fourth-order valence-corrected chi connectivity index (χ4v) is 3.78. The smallest absolute Gasteiger partial charge is 0.323 e. The molecule has 1 aliphatic heterocycles. The number of nitrogens with zero attached hydrogens (tertiary/aromatic N) is 1. The van der Waals surface area contributed by atoms with E-state index in [1.165, 1.54) is 12.8 Å². The van der Waals surface area contributed by atoms with Gasteiger partial charge in [0.1, 0.15) is 10.9 Å². The van der Waals surface area contributed by atoms with E-state index in [4.69, 9.17) is 26.8 Å². The number of thiocarbonyl (C=S) groups is 1. The van der Waals surface area contributed by atoms with E-state index in [0.717, 1.165) is 35.1 Å². The largest absolute Gasteiger partial charge is 0.493 e. The molecule has 2 rings (SSSR count). The molecule has 0 aliphatic carbocycles. The third-order valence-corrected chi connectivity index (χ3v) is 5.29. The zero-order valence-electron chi connectivity index (χ0n) is 15.4. The number of carboxylic acid groups (broad SMARTS) is 1. The number of unbranched alkanes of at least 4 members (excludes halogenated alkanes) is 3. The van der Waals surface area contributed by atoms with Crippen molar-refractivity contribution in [2.75, 3.05) is 20.3 Å². The minimum atomic E-state index is -1.10. The summed E-state index contributed by atoms with van der Waals surface area (Å²) in [6.45, 7) is 2.36. The van der Waals surface area contributed by atoms with Gasteiger partial charge >= 0.3 is 5.97 Å². The Balaban J connectivity index is 2.08. The molecule has 27 heavy (non-hydrogen) atoms. The zero-order chi connectivity index (χ0) is 19.8. The number of hydrogen-bond acceptors (Lipinski definition) is 6. The van der Waals surface area contributed by atoms with E-state index in [1.807, 2.05) is 12.1 Å². The van der Waals surface area contributed by atoms with E-state index in [2.05, 4.69) is 6.92 Å². The number of carboxylic acids is 1. The maximum Gasteiger partial charge on any atom is 0.323 e. The number of thioether (sulfide) groups is 1. The Morgan fingerprint density at radius 2 is 2.07 bits per heavy atom. The summed E-state index contributed by atoms with van der Waals surface area (Å²) >= 11 is 6.19. The van der Waals surface area contributed by atoms with Crippen LogP contribution in [0, 0.1) is 0 Å². The summed E-state index contributed by atoms with van der Waals surface area (Å²) in [5.41, 5.74) is 0.751. The topological polar surface area (TPSA) is 76.1 Å². The van der Waals surface area contributed by atoms with Crippen molar-refractivity contribution in [1.82, 2.24) is 4.90 Å². The molecule has 1 aromatic rings. The van der Waals surface area contributed by atoms with Crippen LogP contribution < -0.4 is 9.47 Å². The van der Waals surface area contributed by atoms with Crippen LogP contribution in [0.4, 0.5) is 0 Å². The van der Waals surface area contributed by atoms with Crippen LogP contribution in [-0.2, 0) is 9.59 Å². The van der Waals surface area contributed by atoms with Gasteiger partial charge in [0.25, 0.3) is 5.91 Å². The molecular weight excluding hydrogens is 386 g/mol. The summed E-state index contributed by atoms with van der Waals surface area (Å²) in [5.74, 6) is -0.262. The number of amides is 1. The standard InChI is InChI=1S/C19H23NO5S2/c1-3-4-5-6-9-25-14-8-7-13(10-15(14)24-2)11-16-18(23)20(12-17(21)22)19(26)27-16/h7-8,10-11H,3-6,9,12H2,1-2H3,(H,21,22). The molecule has 146 valence electrons. The van der Waals surface area contributed by atoms with Crippen molar-refractivity contribution < 1.29 is 24.2 Å². The number of carbonyl (C=O) groups is 2. The van der Waals surface area contributed by atoms with Crippen molar-refractivity contribution in [3.05, 3.63) is 28.7 Å². The van der Waals surface area contributed by atoms with Gasteiger partial charge in [-0.1, -0.05) is 56.2 Å². The van der Waals surface area contributed by atoms with Crippen LogP contribution in [0.5, 0.6) is 11.5 Å². The van der Waals surface area contributed by atoms with E-state index in [-0.39, 0.29) is 4.32 Å². The lowest BCUT2D eigenvalue weighted by atomic mass is 10.1. The second-order valence-electron chi connectivity index (χ2n) is 5.98. The van der Waals surface area contributed by atoms with Crippen molar-refractivity contribution in [3.8, 4) is 11.5 Å². The van der Waals surface area contributed by atoms with Crippen LogP contribution >= 0.6 is 24.0 Å². The normalized spacial score (nSPS) is 15.5. The summed E-state index contributed by atoms with van der Waals surface area (Å²) in [5, 5.41) is 8.89. The van der Waals surface area contributed by atoms with E-state index >= 15 is 0 Å². The monoisotopic (exact) mass is 409 g/mol. The van der Waals surface area contributed by atoms with Gasteiger partial charge in [-0.05, 0) is 30.2 Å². The van der Waals surface area contributed by atoms with Crippen molar-refractivity contribution >= 4 is 46.3 Å². The molecule has 0 radical (unpaired) electrons. The minimum Gasteiger partial charge on any atom is -0.493 e. The minimum absolute atomic E-state index is 0.243. The highest BCUT2D eigenvalue weighted by atomic mass is 32.2. The Bertz CT molecular complexity index is 748. The predicted molar refractivity (Wildman–Crippen MR) is 110 cm³/mol. The van der Waals surface area contributed by atoms with E-state index in [9.17, 15) is 9.59 Å². The predicted octanol–water partition coefficient (Wildman–Crippen LogP) is 3.94. The molecule has 0 unspecified atom stereocenters. The summed E-state index contributed by atoms with van der Waals surface area (Å²) in [4.78, 5) is 24.7. The molecule has 0 spiro atoms. The zero-order valence-corrected chi connectivity index (χ0v) is 17.0. The maximum absolute atomic E-state index is 12.3. The SMILES string of the molecule is CCCCCCOc1ccc(C=C2SC(=S)N(CC(=O)O)C2=O)cc1OC. The third-order valence-electron chi connectivity index (χ3n) is 3.91. The number of rotatable bonds is 10. The highest BCUT2D eigenvalue weighted by molar-refractivity contribution is 8.26. The lowest BCUT2D eigenvalue weighted by Gasteiger charge is -2.11.